The first kappa shape index (κ1) is 23.5. The van der Waals surface area contributed by atoms with Crippen LogP contribution in [0.2, 0.25) is 0 Å². The molecule has 0 spiro atoms. The molecule has 1 aromatic carbocycles. The van der Waals surface area contributed by atoms with Crippen LogP contribution in [0.25, 0.3) is 0 Å². The first-order valence-electron chi connectivity index (χ1n) is 11.5. The second-order valence-electron chi connectivity index (χ2n) is 8.83. The van der Waals surface area contributed by atoms with Crippen molar-refractivity contribution in [3.05, 3.63) is 34.9 Å². The van der Waals surface area contributed by atoms with Crippen molar-refractivity contribution in [2.45, 2.75) is 96.4 Å². The maximum absolute atomic E-state index is 14.6. The topological polar surface area (TPSA) is 18.5 Å². The fraction of sp³-hybridized carbons (Fsp3) is 0.750. The summed E-state index contributed by atoms with van der Waals surface area (Å²) in [5, 5.41) is 0. The Hall–Kier alpha value is -1.14. The normalized spacial score (nSPS) is 27.9. The van der Waals surface area contributed by atoms with Crippen LogP contribution < -0.4 is 0 Å². The van der Waals surface area contributed by atoms with Gasteiger partial charge in [0.1, 0.15) is 0 Å². The highest BCUT2D eigenvalue weighted by atomic mass is 19.3. The average molecular weight is 431 g/mol. The van der Waals surface area contributed by atoms with Crippen LogP contribution in [0.3, 0.4) is 0 Å². The largest absolute Gasteiger partial charge is 0.386 e. The molecule has 30 heavy (non-hydrogen) atoms. The highest BCUT2D eigenvalue weighted by Crippen LogP contribution is 2.42. The van der Waals surface area contributed by atoms with E-state index in [2.05, 4.69) is 6.92 Å². The van der Waals surface area contributed by atoms with Gasteiger partial charge in [-0.2, -0.15) is 8.78 Å². The maximum Gasteiger partial charge on any atom is 0.386 e. The molecular weight excluding hydrogens is 396 g/mol. The lowest BCUT2D eigenvalue weighted by atomic mass is 9.72. The van der Waals surface area contributed by atoms with E-state index in [9.17, 15) is 17.6 Å². The van der Waals surface area contributed by atoms with Crippen molar-refractivity contribution in [3.8, 4) is 0 Å². The molecule has 0 unspecified atom stereocenters. The molecule has 0 bridgehead atoms. The molecule has 170 valence electrons. The lowest BCUT2D eigenvalue weighted by Crippen LogP contribution is -2.33. The molecule has 2 aliphatic carbocycles. The van der Waals surface area contributed by atoms with E-state index in [1.54, 1.807) is 6.92 Å². The SMILES string of the molecule is CCCOC1CCC(C2CCC(OC(F)(F)c3ccc(CC)c(F)c3F)CC2)CC1. The summed E-state index contributed by atoms with van der Waals surface area (Å²) in [6, 6.07) is 2.16. The van der Waals surface area contributed by atoms with Crippen molar-refractivity contribution in [3.63, 3.8) is 0 Å². The Balaban J connectivity index is 1.50. The van der Waals surface area contributed by atoms with Gasteiger partial charge in [0.2, 0.25) is 0 Å². The van der Waals surface area contributed by atoms with Gasteiger partial charge in [-0.1, -0.05) is 19.9 Å². The summed E-state index contributed by atoms with van der Waals surface area (Å²) in [6.45, 7) is 4.58. The van der Waals surface area contributed by atoms with Crippen molar-refractivity contribution < 1.29 is 27.0 Å². The summed E-state index contributed by atoms with van der Waals surface area (Å²) < 4.78 is 68.1. The second kappa shape index (κ2) is 10.4. The molecule has 2 saturated carbocycles. The van der Waals surface area contributed by atoms with Crippen LogP contribution in [0.1, 0.15) is 82.8 Å². The molecule has 1 aromatic rings. The van der Waals surface area contributed by atoms with Gasteiger partial charge in [0.25, 0.3) is 0 Å². The van der Waals surface area contributed by atoms with Gasteiger partial charge >= 0.3 is 6.11 Å². The van der Waals surface area contributed by atoms with E-state index < -0.39 is 29.4 Å². The summed E-state index contributed by atoms with van der Waals surface area (Å²) in [4.78, 5) is 0. The summed E-state index contributed by atoms with van der Waals surface area (Å²) in [5.74, 6) is -1.56. The van der Waals surface area contributed by atoms with Crippen LogP contribution in [0.4, 0.5) is 17.6 Å². The number of hydrogen-bond acceptors (Lipinski definition) is 2. The molecule has 0 saturated heterocycles. The first-order valence-corrected chi connectivity index (χ1v) is 11.5. The Morgan fingerprint density at radius 1 is 0.833 bits per heavy atom. The zero-order chi connectivity index (χ0) is 21.7. The second-order valence-corrected chi connectivity index (χ2v) is 8.83. The van der Waals surface area contributed by atoms with E-state index >= 15 is 0 Å². The molecule has 0 radical (unpaired) electrons. The van der Waals surface area contributed by atoms with E-state index in [0.717, 1.165) is 57.6 Å². The smallest absolute Gasteiger partial charge is 0.378 e. The molecular formula is C24H34F4O2. The molecule has 6 heteroatoms. The minimum Gasteiger partial charge on any atom is -0.378 e. The van der Waals surface area contributed by atoms with Crippen molar-refractivity contribution in [1.82, 2.24) is 0 Å². The molecule has 0 amide bonds. The molecule has 2 aliphatic rings. The standard InChI is InChI=1S/C24H34F4O2/c1-3-15-29-19-10-5-17(6-11-19)18-7-12-20(13-8-18)30-24(27,28)21-14-9-16(4-2)22(25)23(21)26/h9,14,17-20H,3-8,10-13,15H2,1-2H3. The number of ether oxygens (including phenoxy) is 2. The lowest BCUT2D eigenvalue weighted by molar-refractivity contribution is -0.280. The van der Waals surface area contributed by atoms with Crippen molar-refractivity contribution in [2.24, 2.45) is 11.8 Å². The summed E-state index contributed by atoms with van der Waals surface area (Å²) in [5.41, 5.74) is -0.924. The van der Waals surface area contributed by atoms with Gasteiger partial charge in [0, 0.05) is 6.61 Å². The van der Waals surface area contributed by atoms with Gasteiger partial charge in [0.15, 0.2) is 11.6 Å². The Morgan fingerprint density at radius 2 is 1.40 bits per heavy atom. The summed E-state index contributed by atoms with van der Waals surface area (Å²) in [6.07, 6.45) is 4.37. The third-order valence-corrected chi connectivity index (χ3v) is 6.83. The minimum absolute atomic E-state index is 0.0855. The van der Waals surface area contributed by atoms with Crippen molar-refractivity contribution in [1.29, 1.82) is 0 Å². The van der Waals surface area contributed by atoms with E-state index in [-0.39, 0.29) is 12.0 Å². The van der Waals surface area contributed by atoms with Crippen LogP contribution in [0.5, 0.6) is 0 Å². The number of benzene rings is 1. The Morgan fingerprint density at radius 3 is 1.93 bits per heavy atom. The highest BCUT2D eigenvalue weighted by molar-refractivity contribution is 5.28. The Bertz CT molecular complexity index is 678. The van der Waals surface area contributed by atoms with Crippen LogP contribution in [-0.2, 0) is 22.0 Å². The van der Waals surface area contributed by atoms with E-state index in [1.165, 1.54) is 6.07 Å². The number of hydrogen-bond donors (Lipinski definition) is 0. The van der Waals surface area contributed by atoms with Gasteiger partial charge in [-0.15, -0.1) is 0 Å². The zero-order valence-corrected chi connectivity index (χ0v) is 18.1. The molecule has 3 rings (SSSR count). The molecule has 0 aromatic heterocycles. The van der Waals surface area contributed by atoms with Crippen LogP contribution in [-0.4, -0.2) is 18.8 Å². The van der Waals surface area contributed by atoms with Gasteiger partial charge in [-0.25, -0.2) is 8.78 Å². The molecule has 0 aliphatic heterocycles. The van der Waals surface area contributed by atoms with Crippen molar-refractivity contribution >= 4 is 0 Å². The quantitative estimate of drug-likeness (QED) is 0.408. The Kier molecular flexibility index (Phi) is 8.19. The van der Waals surface area contributed by atoms with Gasteiger partial charge in [-0.3, -0.25) is 0 Å². The zero-order valence-electron chi connectivity index (χ0n) is 18.1. The third kappa shape index (κ3) is 5.56. The van der Waals surface area contributed by atoms with Crippen LogP contribution >= 0.6 is 0 Å². The molecule has 2 fully saturated rings. The van der Waals surface area contributed by atoms with Gasteiger partial charge < -0.3 is 9.47 Å². The number of alkyl halides is 2. The van der Waals surface area contributed by atoms with Crippen LogP contribution in [0.15, 0.2) is 12.1 Å². The summed E-state index contributed by atoms with van der Waals surface area (Å²) >= 11 is 0. The average Bonchev–Trinajstić information content (AvgIpc) is 2.74. The predicted octanol–water partition coefficient (Wildman–Crippen LogP) is 7.14. The van der Waals surface area contributed by atoms with E-state index in [4.69, 9.17) is 9.47 Å². The van der Waals surface area contributed by atoms with Crippen molar-refractivity contribution in [2.75, 3.05) is 6.61 Å². The van der Waals surface area contributed by atoms with Crippen LogP contribution in [0, 0.1) is 23.5 Å². The van der Waals surface area contributed by atoms with Gasteiger partial charge in [0.05, 0.1) is 17.8 Å². The van der Waals surface area contributed by atoms with E-state index in [0.29, 0.717) is 30.8 Å². The first-order chi connectivity index (χ1) is 14.4. The Labute approximate surface area is 177 Å². The third-order valence-electron chi connectivity index (χ3n) is 6.83. The lowest BCUT2D eigenvalue weighted by Gasteiger charge is -2.38. The molecule has 2 nitrogen and oxygen atoms in total. The number of rotatable bonds is 8. The molecule has 0 N–H and O–H groups in total. The number of aryl methyl sites for hydroxylation is 1. The molecule has 0 atom stereocenters. The van der Waals surface area contributed by atoms with E-state index in [1.807, 2.05) is 0 Å². The summed E-state index contributed by atoms with van der Waals surface area (Å²) in [7, 11) is 0. The fourth-order valence-corrected chi connectivity index (χ4v) is 5.05. The fourth-order valence-electron chi connectivity index (χ4n) is 5.05. The van der Waals surface area contributed by atoms with Gasteiger partial charge in [-0.05, 0) is 87.7 Å². The predicted molar refractivity (Wildman–Crippen MR) is 108 cm³/mol. The number of halogens is 4. The minimum atomic E-state index is -3.83. The molecule has 0 heterocycles. The highest BCUT2D eigenvalue weighted by Gasteiger charge is 2.41. The monoisotopic (exact) mass is 430 g/mol. The maximum atomic E-state index is 14.6.